The molecule has 5 rings (SSSR count). The van der Waals surface area contributed by atoms with Crippen molar-refractivity contribution in [2.24, 2.45) is 5.10 Å². The van der Waals surface area contributed by atoms with Gasteiger partial charge in [0, 0.05) is 40.5 Å². The first-order valence-electron chi connectivity index (χ1n) is 8.67. The van der Waals surface area contributed by atoms with Gasteiger partial charge in [-0.25, -0.2) is 5.01 Å². The zero-order valence-corrected chi connectivity index (χ0v) is 15.7. The number of benzene rings is 2. The topological polar surface area (TPSA) is 37.7 Å². The summed E-state index contributed by atoms with van der Waals surface area (Å²) in [6.45, 7) is 0. The molecule has 0 amide bonds. The van der Waals surface area contributed by atoms with Crippen LogP contribution in [0.5, 0.6) is 5.75 Å². The highest BCUT2D eigenvalue weighted by Gasteiger charge is 2.41. The smallest absolute Gasteiger partial charge is 0.213 e. The molecule has 2 aromatic carbocycles. The summed E-state index contributed by atoms with van der Waals surface area (Å²) in [7, 11) is 0. The minimum absolute atomic E-state index is 0.0925. The third-order valence-corrected chi connectivity index (χ3v) is 5.48. The van der Waals surface area contributed by atoms with Crippen LogP contribution in [0, 0.1) is 0 Å². The lowest BCUT2D eigenvalue weighted by atomic mass is 9.96. The van der Waals surface area contributed by atoms with Gasteiger partial charge in [-0.15, -0.1) is 0 Å². The Hall–Kier alpha value is -2.56. The molecule has 6 heteroatoms. The summed E-state index contributed by atoms with van der Waals surface area (Å²) in [6.07, 6.45) is 3.98. The summed E-state index contributed by atoms with van der Waals surface area (Å²) < 4.78 is 6.30. The average Bonchev–Trinajstić information content (AvgIpc) is 3.13. The van der Waals surface area contributed by atoms with Gasteiger partial charge in [0.05, 0.1) is 16.8 Å². The Morgan fingerprint density at radius 3 is 2.63 bits per heavy atom. The van der Waals surface area contributed by atoms with Gasteiger partial charge in [-0.05, 0) is 30.3 Å². The predicted octanol–water partition coefficient (Wildman–Crippen LogP) is 5.63. The van der Waals surface area contributed by atoms with Crippen LogP contribution >= 0.6 is 23.2 Å². The maximum absolute atomic E-state index is 6.44. The lowest BCUT2D eigenvalue weighted by Crippen LogP contribution is -2.33. The quantitative estimate of drug-likeness (QED) is 0.563. The molecule has 27 heavy (non-hydrogen) atoms. The normalized spacial score (nSPS) is 20.5. The fourth-order valence-electron chi connectivity index (χ4n) is 3.67. The van der Waals surface area contributed by atoms with Crippen molar-refractivity contribution < 1.29 is 4.74 Å². The maximum Gasteiger partial charge on any atom is 0.213 e. The van der Waals surface area contributed by atoms with E-state index in [1.807, 2.05) is 47.5 Å². The highest BCUT2D eigenvalue weighted by molar-refractivity contribution is 6.37. The zero-order valence-electron chi connectivity index (χ0n) is 14.2. The van der Waals surface area contributed by atoms with Crippen LogP contribution in [-0.4, -0.2) is 15.7 Å². The summed E-state index contributed by atoms with van der Waals surface area (Å²) in [5.41, 5.74) is 3.98. The van der Waals surface area contributed by atoms with E-state index in [1.165, 1.54) is 0 Å². The minimum atomic E-state index is -0.309. The van der Waals surface area contributed by atoms with Crippen LogP contribution in [0.25, 0.3) is 0 Å². The van der Waals surface area contributed by atoms with Crippen molar-refractivity contribution in [3.05, 3.63) is 93.7 Å². The molecule has 2 aliphatic heterocycles. The number of hydrogen-bond donors (Lipinski definition) is 0. The molecule has 3 aromatic rings. The fourth-order valence-corrected chi connectivity index (χ4v) is 4.19. The number of para-hydroxylation sites is 1. The van der Waals surface area contributed by atoms with E-state index in [1.54, 1.807) is 18.5 Å². The number of nitrogens with zero attached hydrogens (tertiary/aromatic N) is 3. The van der Waals surface area contributed by atoms with Crippen LogP contribution in [-0.2, 0) is 0 Å². The fraction of sp³-hybridized carbons (Fsp3) is 0.143. The first-order valence-corrected chi connectivity index (χ1v) is 9.43. The molecule has 0 saturated heterocycles. The van der Waals surface area contributed by atoms with E-state index >= 15 is 0 Å². The van der Waals surface area contributed by atoms with Gasteiger partial charge in [0.25, 0.3) is 0 Å². The lowest BCUT2D eigenvalue weighted by Gasteiger charge is -2.38. The first-order chi connectivity index (χ1) is 13.2. The monoisotopic (exact) mass is 395 g/mol. The Morgan fingerprint density at radius 2 is 1.81 bits per heavy atom. The van der Waals surface area contributed by atoms with Crippen molar-refractivity contribution in [1.29, 1.82) is 0 Å². The van der Waals surface area contributed by atoms with E-state index in [0.29, 0.717) is 10.0 Å². The van der Waals surface area contributed by atoms with Gasteiger partial charge in [0.1, 0.15) is 5.75 Å². The van der Waals surface area contributed by atoms with Crippen molar-refractivity contribution >= 4 is 28.9 Å². The summed E-state index contributed by atoms with van der Waals surface area (Å²) in [6, 6.07) is 17.6. The van der Waals surface area contributed by atoms with Gasteiger partial charge in [-0.2, -0.15) is 5.10 Å². The summed E-state index contributed by atoms with van der Waals surface area (Å²) in [5, 5.41) is 8.15. The number of halogens is 2. The summed E-state index contributed by atoms with van der Waals surface area (Å²) in [4.78, 5) is 4.11. The number of hydrazone groups is 1. The molecule has 0 saturated carbocycles. The summed E-state index contributed by atoms with van der Waals surface area (Å²) >= 11 is 12.5. The molecule has 1 aromatic heterocycles. The molecule has 0 bridgehead atoms. The van der Waals surface area contributed by atoms with E-state index < -0.39 is 0 Å². The van der Waals surface area contributed by atoms with Crippen molar-refractivity contribution in [3.8, 4) is 5.75 Å². The molecular weight excluding hydrogens is 381 g/mol. The van der Waals surface area contributed by atoms with Crippen LogP contribution in [0.4, 0.5) is 0 Å². The predicted molar refractivity (Wildman–Crippen MR) is 106 cm³/mol. The zero-order chi connectivity index (χ0) is 18.4. The minimum Gasteiger partial charge on any atom is -0.464 e. The van der Waals surface area contributed by atoms with Gasteiger partial charge in [0.15, 0.2) is 0 Å². The SMILES string of the molecule is Clc1ccc(C2=NN3[C@H](C2)c2ccccc2O[C@H]3c2ccncc2)c(Cl)c1. The van der Waals surface area contributed by atoms with Gasteiger partial charge in [0.2, 0.25) is 6.23 Å². The molecule has 0 fully saturated rings. The van der Waals surface area contributed by atoms with Crippen LogP contribution in [0.3, 0.4) is 0 Å². The molecule has 4 nitrogen and oxygen atoms in total. The van der Waals surface area contributed by atoms with E-state index in [-0.39, 0.29) is 12.3 Å². The van der Waals surface area contributed by atoms with E-state index in [4.69, 9.17) is 33.0 Å². The molecule has 3 heterocycles. The molecule has 134 valence electrons. The first kappa shape index (κ1) is 16.6. The number of rotatable bonds is 2. The number of fused-ring (bicyclic) bond motifs is 3. The molecule has 2 atom stereocenters. The van der Waals surface area contributed by atoms with Gasteiger partial charge >= 0.3 is 0 Å². The third kappa shape index (κ3) is 2.85. The number of pyridine rings is 1. The lowest BCUT2D eigenvalue weighted by molar-refractivity contribution is -0.0190. The van der Waals surface area contributed by atoms with Gasteiger partial charge in [-0.3, -0.25) is 4.98 Å². The third-order valence-electron chi connectivity index (χ3n) is 4.93. The van der Waals surface area contributed by atoms with E-state index in [9.17, 15) is 0 Å². The second kappa shape index (κ2) is 6.55. The number of hydrogen-bond acceptors (Lipinski definition) is 4. The molecule has 0 radical (unpaired) electrons. The van der Waals surface area contributed by atoms with Crippen LogP contribution < -0.4 is 4.74 Å². The Morgan fingerprint density at radius 1 is 1.00 bits per heavy atom. The molecule has 2 aliphatic rings. The second-order valence-corrected chi connectivity index (χ2v) is 7.40. The molecule has 0 N–H and O–H groups in total. The van der Waals surface area contributed by atoms with Crippen molar-refractivity contribution in [1.82, 2.24) is 9.99 Å². The van der Waals surface area contributed by atoms with E-state index in [0.717, 1.165) is 34.6 Å². The Balaban J connectivity index is 1.61. The second-order valence-electron chi connectivity index (χ2n) is 6.56. The largest absolute Gasteiger partial charge is 0.464 e. The Kier molecular flexibility index (Phi) is 4.03. The van der Waals surface area contributed by atoms with Gasteiger partial charge in [-0.1, -0.05) is 47.5 Å². The Bertz CT molecular complexity index is 1040. The highest BCUT2D eigenvalue weighted by Crippen LogP contribution is 2.47. The summed E-state index contributed by atoms with van der Waals surface area (Å²) in [5.74, 6) is 0.888. The molecule has 0 unspecified atom stereocenters. The Labute approximate surface area is 167 Å². The van der Waals surface area contributed by atoms with Crippen molar-refractivity contribution in [3.63, 3.8) is 0 Å². The molecule has 0 aliphatic carbocycles. The standard InChI is InChI=1S/C21H15Cl2N3O/c22-14-5-6-15(17(23)11-14)18-12-19-16-3-1-2-4-20(16)27-21(26(19)25-18)13-7-9-24-10-8-13/h1-11,19,21H,12H2/t19-,21+/m1/s1. The van der Waals surface area contributed by atoms with Crippen molar-refractivity contribution in [2.45, 2.75) is 18.7 Å². The van der Waals surface area contributed by atoms with Crippen LogP contribution in [0.1, 0.15) is 35.4 Å². The van der Waals surface area contributed by atoms with E-state index in [2.05, 4.69) is 11.1 Å². The van der Waals surface area contributed by atoms with Crippen molar-refractivity contribution in [2.75, 3.05) is 0 Å². The average molecular weight is 396 g/mol. The molecular formula is C21H15Cl2N3O. The number of aromatic nitrogens is 1. The maximum atomic E-state index is 6.44. The van der Waals surface area contributed by atoms with Crippen LogP contribution in [0.2, 0.25) is 10.0 Å². The molecule has 0 spiro atoms. The highest BCUT2D eigenvalue weighted by atomic mass is 35.5. The van der Waals surface area contributed by atoms with Crippen LogP contribution in [0.15, 0.2) is 72.1 Å². The number of ether oxygens (including phenoxy) is 1. The van der Waals surface area contributed by atoms with Gasteiger partial charge < -0.3 is 4.74 Å².